The molecule has 2 aromatic carbocycles. The van der Waals surface area contributed by atoms with Gasteiger partial charge in [-0.1, -0.05) is 35.9 Å². The van der Waals surface area contributed by atoms with Crippen LogP contribution in [0.1, 0.15) is 22.3 Å². The molecule has 19 heavy (non-hydrogen) atoms. The number of amidine groups is 1. The summed E-state index contributed by atoms with van der Waals surface area (Å²) in [5.41, 5.74) is 9.86. The lowest BCUT2D eigenvalue weighted by Crippen LogP contribution is -2.14. The topological polar surface area (TPSA) is 59.1 Å². The first-order valence-corrected chi connectivity index (χ1v) is 6.17. The van der Waals surface area contributed by atoms with Crippen molar-refractivity contribution in [2.45, 2.75) is 13.3 Å². The molecule has 0 aliphatic carbocycles. The Kier molecular flexibility index (Phi) is 3.85. The molecular formula is C16H18N2O. The van der Waals surface area contributed by atoms with Crippen LogP contribution in [-0.4, -0.2) is 12.9 Å². The first-order valence-electron chi connectivity index (χ1n) is 6.17. The maximum Gasteiger partial charge on any atom is 0.123 e. The number of aryl methyl sites for hydroxylation is 1. The summed E-state index contributed by atoms with van der Waals surface area (Å²) in [4.78, 5) is 0. The van der Waals surface area contributed by atoms with Crippen LogP contribution in [0.15, 0.2) is 42.5 Å². The molecule has 0 fully saturated rings. The lowest BCUT2D eigenvalue weighted by molar-refractivity contribution is 0.414. The first-order chi connectivity index (χ1) is 9.10. The molecule has 0 amide bonds. The zero-order chi connectivity index (χ0) is 13.8. The summed E-state index contributed by atoms with van der Waals surface area (Å²) in [5, 5.41) is 7.63. The van der Waals surface area contributed by atoms with E-state index in [0.29, 0.717) is 0 Å². The van der Waals surface area contributed by atoms with Gasteiger partial charge in [0.2, 0.25) is 0 Å². The van der Waals surface area contributed by atoms with Crippen LogP contribution in [-0.2, 0) is 6.42 Å². The van der Waals surface area contributed by atoms with Crippen molar-refractivity contribution in [3.63, 3.8) is 0 Å². The Balaban J connectivity index is 2.31. The summed E-state index contributed by atoms with van der Waals surface area (Å²) in [6.07, 6.45) is 0.764. The van der Waals surface area contributed by atoms with E-state index >= 15 is 0 Å². The van der Waals surface area contributed by atoms with E-state index in [9.17, 15) is 0 Å². The normalized spacial score (nSPS) is 10.2. The Labute approximate surface area is 113 Å². The molecule has 0 unspecified atom stereocenters. The fourth-order valence-corrected chi connectivity index (χ4v) is 2.09. The molecule has 0 spiro atoms. The number of rotatable bonds is 4. The second-order valence-corrected chi connectivity index (χ2v) is 4.60. The van der Waals surface area contributed by atoms with Gasteiger partial charge in [0.25, 0.3) is 0 Å². The van der Waals surface area contributed by atoms with Gasteiger partial charge in [-0.2, -0.15) is 0 Å². The minimum atomic E-state index is 0.114. The van der Waals surface area contributed by atoms with Crippen LogP contribution < -0.4 is 10.5 Å². The molecule has 0 saturated carbocycles. The van der Waals surface area contributed by atoms with Gasteiger partial charge in [0.15, 0.2) is 0 Å². The van der Waals surface area contributed by atoms with Crippen molar-refractivity contribution in [1.82, 2.24) is 0 Å². The van der Waals surface area contributed by atoms with E-state index in [1.165, 1.54) is 11.1 Å². The Morgan fingerprint density at radius 3 is 2.42 bits per heavy atom. The molecule has 0 heterocycles. The molecule has 0 atom stereocenters. The van der Waals surface area contributed by atoms with Crippen LogP contribution in [0.25, 0.3) is 0 Å². The SMILES string of the molecule is COc1ccc(Cc2cc(C)ccc2C(=N)N)cc1. The Morgan fingerprint density at radius 2 is 1.84 bits per heavy atom. The van der Waals surface area contributed by atoms with Crippen molar-refractivity contribution in [2.24, 2.45) is 5.73 Å². The number of nitrogen functional groups attached to an aromatic ring is 1. The van der Waals surface area contributed by atoms with E-state index in [2.05, 4.69) is 6.07 Å². The molecule has 3 heteroatoms. The fraction of sp³-hybridized carbons (Fsp3) is 0.188. The minimum Gasteiger partial charge on any atom is -0.497 e. The van der Waals surface area contributed by atoms with Gasteiger partial charge in [-0.15, -0.1) is 0 Å². The summed E-state index contributed by atoms with van der Waals surface area (Å²) in [6, 6.07) is 13.9. The molecule has 2 aromatic rings. The molecule has 0 saturated heterocycles. The maximum absolute atomic E-state index is 7.63. The molecule has 0 aliphatic rings. The quantitative estimate of drug-likeness (QED) is 0.651. The third kappa shape index (κ3) is 3.13. The van der Waals surface area contributed by atoms with Crippen molar-refractivity contribution in [1.29, 1.82) is 5.41 Å². The van der Waals surface area contributed by atoms with Crippen molar-refractivity contribution in [3.8, 4) is 5.75 Å². The van der Waals surface area contributed by atoms with Crippen LogP contribution in [0, 0.1) is 12.3 Å². The van der Waals surface area contributed by atoms with E-state index in [0.717, 1.165) is 23.3 Å². The Morgan fingerprint density at radius 1 is 1.16 bits per heavy atom. The predicted molar refractivity (Wildman–Crippen MR) is 78.0 cm³/mol. The van der Waals surface area contributed by atoms with Gasteiger partial charge in [0.05, 0.1) is 7.11 Å². The number of ether oxygens (including phenoxy) is 1. The number of nitrogens with one attached hydrogen (secondary N) is 1. The zero-order valence-electron chi connectivity index (χ0n) is 11.2. The third-order valence-electron chi connectivity index (χ3n) is 3.10. The van der Waals surface area contributed by atoms with E-state index in [4.69, 9.17) is 15.9 Å². The van der Waals surface area contributed by atoms with Gasteiger partial charge >= 0.3 is 0 Å². The third-order valence-corrected chi connectivity index (χ3v) is 3.10. The summed E-state index contributed by atoms with van der Waals surface area (Å²) in [6.45, 7) is 2.04. The second kappa shape index (κ2) is 5.57. The molecule has 3 nitrogen and oxygen atoms in total. The van der Waals surface area contributed by atoms with Gasteiger partial charge in [-0.25, -0.2) is 0 Å². The zero-order valence-corrected chi connectivity index (χ0v) is 11.2. The average molecular weight is 254 g/mol. The molecule has 0 aromatic heterocycles. The molecule has 2 rings (SSSR count). The molecule has 0 bridgehead atoms. The molecule has 0 aliphatic heterocycles. The van der Waals surface area contributed by atoms with Crippen LogP contribution in [0.5, 0.6) is 5.75 Å². The first kappa shape index (κ1) is 13.1. The highest BCUT2D eigenvalue weighted by Crippen LogP contribution is 2.18. The highest BCUT2D eigenvalue weighted by atomic mass is 16.5. The summed E-state index contributed by atoms with van der Waals surface area (Å²) < 4.78 is 5.15. The largest absolute Gasteiger partial charge is 0.497 e. The van der Waals surface area contributed by atoms with Crippen molar-refractivity contribution in [2.75, 3.05) is 7.11 Å². The van der Waals surface area contributed by atoms with Gasteiger partial charge in [-0.05, 0) is 36.6 Å². The Hall–Kier alpha value is -2.29. The van der Waals surface area contributed by atoms with Crippen molar-refractivity contribution in [3.05, 3.63) is 64.7 Å². The number of nitrogens with two attached hydrogens (primary N) is 1. The fourth-order valence-electron chi connectivity index (χ4n) is 2.09. The smallest absolute Gasteiger partial charge is 0.123 e. The van der Waals surface area contributed by atoms with Crippen molar-refractivity contribution < 1.29 is 4.74 Å². The molecular weight excluding hydrogens is 236 g/mol. The molecule has 98 valence electrons. The summed E-state index contributed by atoms with van der Waals surface area (Å²) in [5.74, 6) is 0.961. The lowest BCUT2D eigenvalue weighted by Gasteiger charge is -2.10. The van der Waals surface area contributed by atoms with Gasteiger partial charge in [0, 0.05) is 5.56 Å². The number of methoxy groups -OCH3 is 1. The van der Waals surface area contributed by atoms with E-state index < -0.39 is 0 Å². The van der Waals surface area contributed by atoms with E-state index in [-0.39, 0.29) is 5.84 Å². The number of hydrogen-bond donors (Lipinski definition) is 2. The van der Waals surface area contributed by atoms with Crippen LogP contribution >= 0.6 is 0 Å². The maximum atomic E-state index is 7.63. The number of hydrogen-bond acceptors (Lipinski definition) is 2. The van der Waals surface area contributed by atoms with E-state index in [1.54, 1.807) is 7.11 Å². The molecule has 0 radical (unpaired) electrons. The minimum absolute atomic E-state index is 0.114. The standard InChI is InChI=1S/C16H18N2O/c1-11-3-8-15(16(17)18)13(9-11)10-12-4-6-14(19-2)7-5-12/h3-9H,10H2,1-2H3,(H3,17,18). The average Bonchev–Trinajstić information content (AvgIpc) is 2.39. The van der Waals surface area contributed by atoms with Crippen molar-refractivity contribution >= 4 is 5.84 Å². The summed E-state index contributed by atoms with van der Waals surface area (Å²) in [7, 11) is 1.66. The summed E-state index contributed by atoms with van der Waals surface area (Å²) >= 11 is 0. The molecule has 3 N–H and O–H groups in total. The second-order valence-electron chi connectivity index (χ2n) is 4.60. The van der Waals surface area contributed by atoms with Gasteiger partial charge in [0.1, 0.15) is 11.6 Å². The highest BCUT2D eigenvalue weighted by Gasteiger charge is 2.06. The van der Waals surface area contributed by atoms with Gasteiger partial charge in [-0.3, -0.25) is 5.41 Å². The number of benzene rings is 2. The lowest BCUT2D eigenvalue weighted by atomic mass is 9.97. The predicted octanol–water partition coefficient (Wildman–Crippen LogP) is 2.88. The Bertz CT molecular complexity index is 588. The highest BCUT2D eigenvalue weighted by molar-refractivity contribution is 5.96. The monoisotopic (exact) mass is 254 g/mol. The van der Waals surface area contributed by atoms with Crippen LogP contribution in [0.4, 0.5) is 0 Å². The van der Waals surface area contributed by atoms with Gasteiger partial charge < -0.3 is 10.5 Å². The van der Waals surface area contributed by atoms with E-state index in [1.807, 2.05) is 43.3 Å². The van der Waals surface area contributed by atoms with Crippen LogP contribution in [0.3, 0.4) is 0 Å². The van der Waals surface area contributed by atoms with Crippen LogP contribution in [0.2, 0.25) is 0 Å².